The summed E-state index contributed by atoms with van der Waals surface area (Å²) < 4.78 is 10.7. The van der Waals surface area contributed by atoms with Gasteiger partial charge in [0, 0.05) is 5.69 Å². The van der Waals surface area contributed by atoms with Gasteiger partial charge in [-0.2, -0.15) is 0 Å². The average molecular weight is 560 g/mol. The Morgan fingerprint density at radius 2 is 1.37 bits per heavy atom. The van der Waals surface area contributed by atoms with E-state index in [-0.39, 0.29) is 24.3 Å². The van der Waals surface area contributed by atoms with Gasteiger partial charge in [0.15, 0.2) is 0 Å². The molecule has 0 fully saturated rings. The lowest BCUT2D eigenvalue weighted by molar-refractivity contribution is -0.147. The Morgan fingerprint density at radius 3 is 1.95 bits per heavy atom. The van der Waals surface area contributed by atoms with E-state index in [1.54, 1.807) is 38.3 Å². The van der Waals surface area contributed by atoms with Crippen LogP contribution in [0, 0.1) is 5.92 Å². The molecule has 8 nitrogen and oxygen atoms in total. The largest absolute Gasteiger partial charge is 0.497 e. The summed E-state index contributed by atoms with van der Waals surface area (Å²) in [5.74, 6) is -0.279. The van der Waals surface area contributed by atoms with Crippen LogP contribution in [-0.2, 0) is 32.1 Å². The van der Waals surface area contributed by atoms with Crippen molar-refractivity contribution in [2.24, 2.45) is 5.92 Å². The summed E-state index contributed by atoms with van der Waals surface area (Å²) in [6.45, 7) is 5.82. The summed E-state index contributed by atoms with van der Waals surface area (Å²) in [7, 11) is 1.58. The summed E-state index contributed by atoms with van der Waals surface area (Å²) in [6, 6.07) is 24.0. The number of ether oxygens (including phenoxy) is 2. The van der Waals surface area contributed by atoms with Crippen molar-refractivity contribution in [1.82, 2.24) is 10.6 Å². The molecule has 0 saturated heterocycles. The highest BCUT2D eigenvalue weighted by atomic mass is 16.5. The number of carbonyl (C=O) groups excluding carboxylic acids is 3. The number of amides is 2. The molecule has 0 saturated carbocycles. The highest BCUT2D eigenvalue weighted by Gasteiger charge is 2.29. The van der Waals surface area contributed by atoms with E-state index in [1.165, 1.54) is 0 Å². The molecule has 0 bridgehead atoms. The fourth-order valence-electron chi connectivity index (χ4n) is 4.35. The van der Waals surface area contributed by atoms with Crippen LogP contribution in [0.3, 0.4) is 0 Å². The third kappa shape index (κ3) is 10.7. The molecule has 0 unspecified atom stereocenters. The minimum absolute atomic E-state index is 0.147. The second-order valence-electron chi connectivity index (χ2n) is 10.5. The van der Waals surface area contributed by atoms with Gasteiger partial charge in [0.05, 0.1) is 13.2 Å². The average Bonchev–Trinajstić information content (AvgIpc) is 2.98. The first-order valence-electron chi connectivity index (χ1n) is 14.0. The maximum absolute atomic E-state index is 13.6. The molecule has 0 spiro atoms. The zero-order valence-corrected chi connectivity index (χ0v) is 24.3. The van der Waals surface area contributed by atoms with Crippen molar-refractivity contribution in [3.05, 3.63) is 96.1 Å². The van der Waals surface area contributed by atoms with E-state index in [9.17, 15) is 14.4 Å². The van der Waals surface area contributed by atoms with Gasteiger partial charge in [-0.3, -0.25) is 19.7 Å². The lowest BCUT2D eigenvalue weighted by atomic mass is 10.0. The van der Waals surface area contributed by atoms with Crippen LogP contribution >= 0.6 is 0 Å². The van der Waals surface area contributed by atoms with Gasteiger partial charge in [-0.1, -0.05) is 74.5 Å². The third-order valence-electron chi connectivity index (χ3n) is 6.61. The van der Waals surface area contributed by atoms with Gasteiger partial charge in [0.25, 0.3) is 0 Å². The molecule has 2 amide bonds. The number of hydrogen-bond donors (Lipinski definition) is 3. The highest BCUT2D eigenvalue weighted by Crippen LogP contribution is 2.16. The topological polar surface area (TPSA) is 106 Å². The Hall–Kier alpha value is -4.17. The van der Waals surface area contributed by atoms with Crippen LogP contribution in [0.4, 0.5) is 5.69 Å². The second kappa shape index (κ2) is 16.2. The van der Waals surface area contributed by atoms with Gasteiger partial charge in [-0.15, -0.1) is 0 Å². The first-order chi connectivity index (χ1) is 19.7. The van der Waals surface area contributed by atoms with Crippen molar-refractivity contribution in [3.63, 3.8) is 0 Å². The molecule has 0 radical (unpaired) electrons. The van der Waals surface area contributed by atoms with Gasteiger partial charge in [0.1, 0.15) is 24.4 Å². The summed E-state index contributed by atoms with van der Waals surface area (Å²) >= 11 is 0. The highest BCUT2D eigenvalue weighted by molar-refractivity contribution is 5.98. The van der Waals surface area contributed by atoms with Crippen LogP contribution in [0.15, 0.2) is 84.9 Å². The van der Waals surface area contributed by atoms with E-state index >= 15 is 0 Å². The van der Waals surface area contributed by atoms with Crippen molar-refractivity contribution < 1.29 is 23.9 Å². The predicted molar refractivity (Wildman–Crippen MR) is 160 cm³/mol. The molecule has 0 heterocycles. The SMILES string of the molecule is COc1ccc(NC(=O)[C@H](CC(C)C)NC(=O)[C@H](CCc2ccccc2)N[C@H](C)C(=O)OCc2ccccc2)cc1. The number of methoxy groups -OCH3 is 1. The van der Waals surface area contributed by atoms with Crippen LogP contribution in [0.2, 0.25) is 0 Å². The van der Waals surface area contributed by atoms with Gasteiger partial charge >= 0.3 is 5.97 Å². The fraction of sp³-hybridized carbons (Fsp3) is 0.364. The first kappa shape index (κ1) is 31.4. The Morgan fingerprint density at radius 1 is 0.756 bits per heavy atom. The number of nitrogens with one attached hydrogen (secondary N) is 3. The molecular formula is C33H41N3O5. The van der Waals surface area contributed by atoms with E-state index in [1.807, 2.05) is 74.5 Å². The van der Waals surface area contributed by atoms with Crippen molar-refractivity contribution in [2.45, 2.75) is 64.8 Å². The van der Waals surface area contributed by atoms with Gasteiger partial charge in [-0.05, 0) is 67.5 Å². The number of hydrogen-bond acceptors (Lipinski definition) is 6. The smallest absolute Gasteiger partial charge is 0.323 e. The van der Waals surface area contributed by atoms with Crippen molar-refractivity contribution in [3.8, 4) is 5.75 Å². The Labute approximate surface area is 242 Å². The maximum atomic E-state index is 13.6. The Balaban J connectivity index is 1.69. The van der Waals surface area contributed by atoms with Crippen LogP contribution < -0.4 is 20.7 Å². The molecule has 3 aromatic carbocycles. The molecule has 3 aromatic rings. The molecule has 0 aromatic heterocycles. The standard InChI is InChI=1S/C33H41N3O5/c1-23(2)21-30(32(38)35-27-16-18-28(40-4)19-17-27)36-31(37)29(20-15-25-11-7-5-8-12-25)34-24(3)33(39)41-22-26-13-9-6-10-14-26/h5-14,16-19,23-24,29-30,34H,15,20-22H2,1-4H3,(H,35,38)(H,36,37)/t24-,29+,30+/m1/s1. The molecule has 3 rings (SSSR count). The molecule has 3 N–H and O–H groups in total. The van der Waals surface area contributed by atoms with Crippen LogP contribution in [-0.4, -0.2) is 43.0 Å². The van der Waals surface area contributed by atoms with E-state index < -0.39 is 24.1 Å². The molecule has 0 aliphatic carbocycles. The van der Waals surface area contributed by atoms with Gasteiger partial charge in [0.2, 0.25) is 11.8 Å². The third-order valence-corrected chi connectivity index (χ3v) is 6.61. The Bertz CT molecular complexity index is 1230. The molecule has 0 aliphatic rings. The van der Waals surface area contributed by atoms with Crippen LogP contribution in [0.5, 0.6) is 5.75 Å². The number of rotatable bonds is 15. The molecule has 3 atom stereocenters. The molecular weight excluding hydrogens is 518 g/mol. The monoisotopic (exact) mass is 559 g/mol. The zero-order valence-electron chi connectivity index (χ0n) is 24.3. The van der Waals surface area contributed by atoms with E-state index in [0.717, 1.165) is 11.1 Å². The zero-order chi connectivity index (χ0) is 29.6. The van der Waals surface area contributed by atoms with E-state index in [2.05, 4.69) is 16.0 Å². The van der Waals surface area contributed by atoms with Gasteiger partial charge < -0.3 is 20.1 Å². The quantitative estimate of drug-likeness (QED) is 0.229. The van der Waals surface area contributed by atoms with Crippen molar-refractivity contribution in [2.75, 3.05) is 12.4 Å². The summed E-state index contributed by atoms with van der Waals surface area (Å²) in [6.07, 6.45) is 1.50. The summed E-state index contributed by atoms with van der Waals surface area (Å²) in [5, 5.41) is 8.98. The minimum atomic E-state index is -0.758. The van der Waals surface area contributed by atoms with E-state index in [0.29, 0.717) is 30.7 Å². The van der Waals surface area contributed by atoms with E-state index in [4.69, 9.17) is 9.47 Å². The number of anilines is 1. The number of esters is 1. The number of aryl methyl sites for hydroxylation is 1. The second-order valence-corrected chi connectivity index (χ2v) is 10.5. The molecule has 218 valence electrons. The van der Waals surface area contributed by atoms with Crippen LogP contribution in [0.1, 0.15) is 44.7 Å². The minimum Gasteiger partial charge on any atom is -0.497 e. The molecule has 8 heteroatoms. The number of carbonyl (C=O) groups is 3. The van der Waals surface area contributed by atoms with Crippen molar-refractivity contribution in [1.29, 1.82) is 0 Å². The van der Waals surface area contributed by atoms with Crippen LogP contribution in [0.25, 0.3) is 0 Å². The first-order valence-corrected chi connectivity index (χ1v) is 14.0. The lowest BCUT2D eigenvalue weighted by Gasteiger charge is -2.26. The predicted octanol–water partition coefficient (Wildman–Crippen LogP) is 4.89. The number of benzene rings is 3. The normalized spacial score (nSPS) is 13.1. The Kier molecular flexibility index (Phi) is 12.4. The van der Waals surface area contributed by atoms with Crippen molar-refractivity contribution >= 4 is 23.5 Å². The lowest BCUT2D eigenvalue weighted by Crippen LogP contribution is -2.54. The summed E-state index contributed by atoms with van der Waals surface area (Å²) in [4.78, 5) is 39.6. The maximum Gasteiger partial charge on any atom is 0.323 e. The molecule has 0 aliphatic heterocycles. The summed E-state index contributed by atoms with van der Waals surface area (Å²) in [5.41, 5.74) is 2.56. The van der Waals surface area contributed by atoms with Gasteiger partial charge in [-0.25, -0.2) is 0 Å². The molecule has 41 heavy (non-hydrogen) atoms. The fourth-order valence-corrected chi connectivity index (χ4v) is 4.35.